The van der Waals surface area contributed by atoms with Crippen LogP contribution in [0.1, 0.15) is 54.9 Å². The minimum atomic E-state index is 0.0421. The summed E-state index contributed by atoms with van der Waals surface area (Å²) in [6.07, 6.45) is 6.30. The van der Waals surface area contributed by atoms with Crippen LogP contribution in [0, 0.1) is 5.92 Å². The number of benzene rings is 1. The predicted molar refractivity (Wildman–Crippen MR) is 98.6 cm³/mol. The molecule has 3 rings (SSSR count). The fourth-order valence-electron chi connectivity index (χ4n) is 3.31. The fraction of sp³-hybridized carbons (Fsp3) is 0.600. The SMILES string of the molecule is CCCNC(=O)N1CCC(Cc2ccc(C(=O)NC3CC3)cc2)CC1. The number of rotatable bonds is 6. The number of urea groups is 1. The van der Waals surface area contributed by atoms with Crippen LogP contribution < -0.4 is 10.6 Å². The average Bonchev–Trinajstić information content (AvgIpc) is 3.45. The Balaban J connectivity index is 1.44. The molecular weight excluding hydrogens is 314 g/mol. The third kappa shape index (κ3) is 5.21. The first-order valence-electron chi connectivity index (χ1n) is 9.58. The first-order chi connectivity index (χ1) is 12.2. The number of piperidine rings is 1. The van der Waals surface area contributed by atoms with E-state index in [0.717, 1.165) is 63.7 Å². The first kappa shape index (κ1) is 17.8. The van der Waals surface area contributed by atoms with Crippen molar-refractivity contribution in [2.75, 3.05) is 19.6 Å². The molecule has 136 valence electrons. The Labute approximate surface area is 150 Å². The zero-order valence-electron chi connectivity index (χ0n) is 15.1. The molecule has 0 atom stereocenters. The third-order valence-electron chi connectivity index (χ3n) is 5.08. The highest BCUT2D eigenvalue weighted by atomic mass is 16.2. The fourth-order valence-corrected chi connectivity index (χ4v) is 3.31. The predicted octanol–water partition coefficient (Wildman–Crippen LogP) is 2.95. The van der Waals surface area contributed by atoms with Gasteiger partial charge in [0.25, 0.3) is 5.91 Å². The summed E-state index contributed by atoms with van der Waals surface area (Å²) >= 11 is 0. The molecule has 5 nitrogen and oxygen atoms in total. The van der Waals surface area contributed by atoms with Gasteiger partial charge in [0.1, 0.15) is 0 Å². The number of nitrogens with one attached hydrogen (secondary N) is 2. The highest BCUT2D eigenvalue weighted by Gasteiger charge is 2.24. The van der Waals surface area contributed by atoms with Crippen molar-refractivity contribution < 1.29 is 9.59 Å². The zero-order chi connectivity index (χ0) is 17.6. The van der Waals surface area contributed by atoms with Crippen molar-refractivity contribution in [2.45, 2.75) is 51.5 Å². The van der Waals surface area contributed by atoms with Crippen molar-refractivity contribution in [3.8, 4) is 0 Å². The van der Waals surface area contributed by atoms with Gasteiger partial charge in [0.05, 0.1) is 0 Å². The number of likely N-dealkylation sites (tertiary alicyclic amines) is 1. The highest BCUT2D eigenvalue weighted by molar-refractivity contribution is 5.94. The van der Waals surface area contributed by atoms with E-state index in [1.54, 1.807) is 0 Å². The minimum Gasteiger partial charge on any atom is -0.349 e. The van der Waals surface area contributed by atoms with Crippen LogP contribution >= 0.6 is 0 Å². The first-order valence-corrected chi connectivity index (χ1v) is 9.58. The van der Waals surface area contributed by atoms with Gasteiger partial charge in [-0.15, -0.1) is 0 Å². The molecule has 1 aliphatic carbocycles. The van der Waals surface area contributed by atoms with E-state index in [2.05, 4.69) is 29.7 Å². The lowest BCUT2D eigenvalue weighted by molar-refractivity contribution is 0.0951. The van der Waals surface area contributed by atoms with Crippen molar-refractivity contribution in [1.82, 2.24) is 15.5 Å². The van der Waals surface area contributed by atoms with E-state index in [-0.39, 0.29) is 11.9 Å². The van der Waals surface area contributed by atoms with E-state index in [1.165, 1.54) is 5.56 Å². The standard InChI is InChI=1S/C20H29N3O2/c1-2-11-21-20(25)23-12-9-16(10-13-23)14-15-3-5-17(6-4-15)19(24)22-18-7-8-18/h3-6,16,18H,2,7-14H2,1H3,(H,21,25)(H,22,24). The molecule has 0 unspecified atom stereocenters. The molecule has 1 saturated heterocycles. The molecule has 1 aliphatic heterocycles. The Morgan fingerprint density at radius 1 is 1.08 bits per heavy atom. The highest BCUT2D eigenvalue weighted by Crippen LogP contribution is 2.23. The monoisotopic (exact) mass is 343 g/mol. The molecule has 1 aromatic carbocycles. The summed E-state index contributed by atoms with van der Waals surface area (Å²) in [5.41, 5.74) is 2.02. The zero-order valence-corrected chi connectivity index (χ0v) is 15.1. The number of nitrogens with zero attached hydrogens (tertiary/aromatic N) is 1. The van der Waals surface area contributed by atoms with Crippen LogP contribution in [-0.4, -0.2) is 42.5 Å². The van der Waals surface area contributed by atoms with Crippen LogP contribution in [0.3, 0.4) is 0 Å². The van der Waals surface area contributed by atoms with Crippen molar-refractivity contribution in [2.24, 2.45) is 5.92 Å². The molecule has 2 aliphatic rings. The molecule has 5 heteroatoms. The van der Waals surface area contributed by atoms with Gasteiger partial charge in [-0.25, -0.2) is 4.79 Å². The summed E-state index contributed by atoms with van der Waals surface area (Å²) in [6.45, 7) is 4.48. The van der Waals surface area contributed by atoms with Crippen LogP contribution in [0.15, 0.2) is 24.3 Å². The Morgan fingerprint density at radius 2 is 1.76 bits per heavy atom. The van der Waals surface area contributed by atoms with Crippen molar-refractivity contribution in [1.29, 1.82) is 0 Å². The molecular formula is C20H29N3O2. The molecule has 0 radical (unpaired) electrons. The summed E-state index contributed by atoms with van der Waals surface area (Å²) < 4.78 is 0. The maximum absolute atomic E-state index is 12.0. The van der Waals surface area contributed by atoms with E-state index in [9.17, 15) is 9.59 Å². The largest absolute Gasteiger partial charge is 0.349 e. The molecule has 2 N–H and O–H groups in total. The number of hydrogen-bond donors (Lipinski definition) is 2. The molecule has 2 fully saturated rings. The lowest BCUT2D eigenvalue weighted by Gasteiger charge is -2.32. The van der Waals surface area contributed by atoms with Gasteiger partial charge in [-0.3, -0.25) is 4.79 Å². The number of hydrogen-bond acceptors (Lipinski definition) is 2. The number of carbonyl (C=O) groups is 2. The van der Waals surface area contributed by atoms with Crippen LogP contribution in [0.25, 0.3) is 0 Å². The van der Waals surface area contributed by atoms with Crippen molar-refractivity contribution >= 4 is 11.9 Å². The second kappa shape index (κ2) is 8.37. The Kier molecular flexibility index (Phi) is 5.95. The van der Waals surface area contributed by atoms with Gasteiger partial charge in [-0.1, -0.05) is 19.1 Å². The molecule has 1 saturated carbocycles. The smallest absolute Gasteiger partial charge is 0.317 e. The Morgan fingerprint density at radius 3 is 2.36 bits per heavy atom. The van der Waals surface area contributed by atoms with Crippen molar-refractivity contribution in [3.63, 3.8) is 0 Å². The molecule has 25 heavy (non-hydrogen) atoms. The van der Waals surface area contributed by atoms with Crippen molar-refractivity contribution in [3.05, 3.63) is 35.4 Å². The molecule has 1 heterocycles. The van der Waals surface area contributed by atoms with Gasteiger partial charge in [0, 0.05) is 31.2 Å². The lowest BCUT2D eigenvalue weighted by atomic mass is 9.90. The van der Waals surface area contributed by atoms with E-state index < -0.39 is 0 Å². The Bertz CT molecular complexity index is 587. The van der Waals surface area contributed by atoms with Crippen LogP contribution in [0.5, 0.6) is 0 Å². The minimum absolute atomic E-state index is 0.0421. The average molecular weight is 343 g/mol. The maximum atomic E-state index is 12.0. The van der Waals surface area contributed by atoms with Gasteiger partial charge in [-0.2, -0.15) is 0 Å². The second-order valence-corrected chi connectivity index (χ2v) is 7.31. The summed E-state index contributed by atoms with van der Waals surface area (Å²) in [7, 11) is 0. The van der Waals surface area contributed by atoms with Gasteiger partial charge in [-0.05, 0) is 62.1 Å². The van der Waals surface area contributed by atoms with Gasteiger partial charge < -0.3 is 15.5 Å². The molecule has 0 spiro atoms. The number of amides is 3. The van der Waals surface area contributed by atoms with E-state index in [1.807, 2.05) is 17.0 Å². The van der Waals surface area contributed by atoms with E-state index in [4.69, 9.17) is 0 Å². The van der Waals surface area contributed by atoms with Gasteiger partial charge in [0.2, 0.25) is 0 Å². The summed E-state index contributed by atoms with van der Waals surface area (Å²) in [4.78, 5) is 25.9. The number of carbonyl (C=O) groups excluding carboxylic acids is 2. The summed E-state index contributed by atoms with van der Waals surface area (Å²) in [5, 5.41) is 5.97. The van der Waals surface area contributed by atoms with Crippen LogP contribution in [-0.2, 0) is 6.42 Å². The normalized spacial score (nSPS) is 18.0. The molecule has 0 bridgehead atoms. The Hall–Kier alpha value is -2.04. The maximum Gasteiger partial charge on any atom is 0.317 e. The van der Waals surface area contributed by atoms with E-state index in [0.29, 0.717) is 12.0 Å². The quantitative estimate of drug-likeness (QED) is 0.834. The van der Waals surface area contributed by atoms with E-state index >= 15 is 0 Å². The molecule has 3 amide bonds. The topological polar surface area (TPSA) is 61.4 Å². The summed E-state index contributed by atoms with van der Waals surface area (Å²) in [6, 6.07) is 8.48. The third-order valence-corrected chi connectivity index (χ3v) is 5.08. The molecule has 1 aromatic rings. The summed E-state index contributed by atoms with van der Waals surface area (Å²) in [5.74, 6) is 0.654. The molecule has 0 aromatic heterocycles. The van der Waals surface area contributed by atoms with Gasteiger partial charge in [0.15, 0.2) is 0 Å². The van der Waals surface area contributed by atoms with Gasteiger partial charge >= 0.3 is 6.03 Å². The van der Waals surface area contributed by atoms with Crippen LogP contribution in [0.2, 0.25) is 0 Å². The lowest BCUT2D eigenvalue weighted by Crippen LogP contribution is -2.44. The second-order valence-electron chi connectivity index (χ2n) is 7.31. The van der Waals surface area contributed by atoms with Crippen LogP contribution in [0.4, 0.5) is 4.79 Å².